The summed E-state index contributed by atoms with van der Waals surface area (Å²) >= 11 is 6.76. The Hall–Kier alpha value is -4.84. The Kier molecular flexibility index (Phi) is 14.7. The van der Waals surface area contributed by atoms with E-state index >= 15 is 0 Å². The van der Waals surface area contributed by atoms with Gasteiger partial charge in [0.15, 0.2) is 0 Å². The Morgan fingerprint density at radius 2 is 0.842 bits per heavy atom. The van der Waals surface area contributed by atoms with E-state index in [1.807, 2.05) is 123 Å². The van der Waals surface area contributed by atoms with E-state index in [0.717, 1.165) is 11.1 Å². The van der Waals surface area contributed by atoms with Gasteiger partial charge in [0.25, 0.3) is 0 Å². The summed E-state index contributed by atoms with van der Waals surface area (Å²) in [5.41, 5.74) is 2.72. The molecule has 0 saturated carbocycles. The Morgan fingerprint density at radius 1 is 0.456 bits per heavy atom. The number of para-hydroxylation sites is 2. The molecule has 4 atom stereocenters. The van der Waals surface area contributed by atoms with Crippen LogP contribution in [0.2, 0.25) is 0 Å². The van der Waals surface area contributed by atoms with Crippen molar-refractivity contribution in [1.82, 2.24) is 0 Å². The lowest BCUT2D eigenvalue weighted by atomic mass is 9.89. The smallest absolute Gasteiger partial charge is 0.387 e. The predicted molar refractivity (Wildman–Crippen MR) is 220 cm³/mol. The lowest BCUT2D eigenvalue weighted by Crippen LogP contribution is -2.16. The molecule has 11 heteroatoms. The molecule has 0 aliphatic carbocycles. The average Bonchev–Trinajstić information content (AvgIpc) is 3.18. The van der Waals surface area contributed by atoms with Crippen molar-refractivity contribution in [3.63, 3.8) is 0 Å². The maximum Gasteiger partial charge on any atom is 0.387 e. The minimum absolute atomic E-state index is 0.0597. The average molecular weight is 909 g/mol. The van der Waals surface area contributed by atoms with Gasteiger partial charge in [-0.1, -0.05) is 119 Å². The van der Waals surface area contributed by atoms with Crippen LogP contribution >= 0.6 is 31.9 Å². The van der Waals surface area contributed by atoms with Gasteiger partial charge >= 0.3 is 13.2 Å². The number of halogens is 6. The molecule has 5 nitrogen and oxygen atoms in total. The SMILES string of the molecule is CC(CC(OC(CC(C)c1ccc(Br)cc1OC(F)F)c1cccc(Oc2ccccc2)c1)c1cccc(Oc2ccccc2)c1)c1ccc(Br)cc1OC(F)F. The molecule has 6 aromatic carbocycles. The molecule has 4 unspecified atom stereocenters. The summed E-state index contributed by atoms with van der Waals surface area (Å²) in [5.74, 6) is 1.92. The second kappa shape index (κ2) is 20.0. The fraction of sp³-hybridized carbons (Fsp3) is 0.217. The van der Waals surface area contributed by atoms with Crippen molar-refractivity contribution in [2.45, 2.75) is 64.0 Å². The predicted octanol–water partition coefficient (Wildman–Crippen LogP) is 15.2. The third-order valence-electron chi connectivity index (χ3n) is 9.33. The van der Waals surface area contributed by atoms with Crippen LogP contribution in [0.4, 0.5) is 17.6 Å². The molecule has 57 heavy (non-hydrogen) atoms. The first-order chi connectivity index (χ1) is 27.5. The van der Waals surface area contributed by atoms with Crippen molar-refractivity contribution in [3.05, 3.63) is 177 Å². The first kappa shape index (κ1) is 41.8. The Bertz CT molecular complexity index is 2040. The third kappa shape index (κ3) is 12.1. The number of alkyl halides is 4. The van der Waals surface area contributed by atoms with Crippen molar-refractivity contribution in [2.75, 3.05) is 0 Å². The number of ether oxygens (including phenoxy) is 5. The van der Waals surface area contributed by atoms with E-state index in [1.54, 1.807) is 24.3 Å². The minimum Gasteiger partial charge on any atom is -0.457 e. The lowest BCUT2D eigenvalue weighted by Gasteiger charge is -2.30. The molecular weight excluding hydrogens is 868 g/mol. The highest BCUT2D eigenvalue weighted by molar-refractivity contribution is 9.10. The van der Waals surface area contributed by atoms with E-state index in [0.29, 0.717) is 55.9 Å². The summed E-state index contributed by atoms with van der Waals surface area (Å²) in [4.78, 5) is 0. The van der Waals surface area contributed by atoms with E-state index in [9.17, 15) is 17.6 Å². The molecule has 6 aromatic rings. The molecule has 0 heterocycles. The summed E-state index contributed by atoms with van der Waals surface area (Å²) in [6, 6.07) is 44.1. The van der Waals surface area contributed by atoms with Crippen molar-refractivity contribution in [2.24, 2.45) is 0 Å². The largest absolute Gasteiger partial charge is 0.457 e. The van der Waals surface area contributed by atoms with Crippen molar-refractivity contribution in [1.29, 1.82) is 0 Å². The molecule has 0 spiro atoms. The van der Waals surface area contributed by atoms with Gasteiger partial charge in [0.2, 0.25) is 0 Å². The molecule has 0 N–H and O–H groups in total. The molecule has 6 rings (SSSR count). The Morgan fingerprint density at radius 3 is 1.23 bits per heavy atom. The standard InChI is InChI=1S/C46H40Br2F4O5/c1-29(39-21-19-33(47)27-43(39)56-45(49)50)23-41(31-11-9-17-37(25-31)53-35-13-5-3-6-14-35)55-42(24-30(2)40-22-20-34(48)28-44(40)57-46(51)52)32-12-10-18-38(26-32)54-36-15-7-4-8-16-36/h3-22,25-30,41-42,45-46H,23-24H2,1-2H3. The van der Waals surface area contributed by atoms with Gasteiger partial charge in [0.1, 0.15) is 34.5 Å². The van der Waals surface area contributed by atoms with Crippen LogP contribution in [0.5, 0.6) is 34.5 Å². The summed E-state index contributed by atoms with van der Waals surface area (Å²) < 4.78 is 85.2. The maximum absolute atomic E-state index is 13.6. The molecular formula is C46H40Br2F4O5. The quantitative estimate of drug-likeness (QED) is 0.0804. The molecule has 0 aliphatic rings. The van der Waals surface area contributed by atoms with Gasteiger partial charge < -0.3 is 23.7 Å². The highest BCUT2D eigenvalue weighted by atomic mass is 79.9. The van der Waals surface area contributed by atoms with Crippen LogP contribution in [0.15, 0.2) is 155 Å². The zero-order valence-electron chi connectivity index (χ0n) is 31.0. The molecule has 0 amide bonds. The van der Waals surface area contributed by atoms with Gasteiger partial charge in [-0.3, -0.25) is 0 Å². The number of rotatable bonds is 18. The van der Waals surface area contributed by atoms with E-state index in [2.05, 4.69) is 31.9 Å². The Balaban J connectivity index is 1.41. The van der Waals surface area contributed by atoms with Crippen LogP contribution in [-0.4, -0.2) is 13.2 Å². The van der Waals surface area contributed by atoms with Crippen molar-refractivity contribution < 1.29 is 41.2 Å². The molecule has 0 aliphatic heterocycles. The minimum atomic E-state index is -3.02. The van der Waals surface area contributed by atoms with Gasteiger partial charge in [0.05, 0.1) is 12.2 Å². The Labute approximate surface area is 346 Å². The second-order valence-corrected chi connectivity index (χ2v) is 15.3. The van der Waals surface area contributed by atoms with E-state index < -0.39 is 25.4 Å². The molecule has 0 radical (unpaired) electrons. The first-order valence-electron chi connectivity index (χ1n) is 18.3. The number of benzene rings is 6. The highest BCUT2D eigenvalue weighted by Gasteiger charge is 2.28. The van der Waals surface area contributed by atoms with Crippen molar-refractivity contribution >= 4 is 31.9 Å². The van der Waals surface area contributed by atoms with Gasteiger partial charge in [-0.15, -0.1) is 0 Å². The van der Waals surface area contributed by atoms with Crippen LogP contribution in [-0.2, 0) is 4.74 Å². The van der Waals surface area contributed by atoms with Crippen LogP contribution < -0.4 is 18.9 Å². The van der Waals surface area contributed by atoms with Gasteiger partial charge in [-0.05, 0) is 120 Å². The summed E-state index contributed by atoms with van der Waals surface area (Å²) in [5, 5.41) is 0. The van der Waals surface area contributed by atoms with E-state index in [4.69, 9.17) is 23.7 Å². The van der Waals surface area contributed by atoms with Gasteiger partial charge in [-0.2, -0.15) is 17.6 Å². The molecule has 0 aromatic heterocycles. The monoisotopic (exact) mass is 906 g/mol. The molecule has 296 valence electrons. The third-order valence-corrected chi connectivity index (χ3v) is 10.3. The topological polar surface area (TPSA) is 46.2 Å². The zero-order valence-corrected chi connectivity index (χ0v) is 34.2. The van der Waals surface area contributed by atoms with Crippen LogP contribution in [0, 0.1) is 0 Å². The fourth-order valence-electron chi connectivity index (χ4n) is 6.67. The highest BCUT2D eigenvalue weighted by Crippen LogP contribution is 2.44. The first-order valence-corrected chi connectivity index (χ1v) is 19.9. The van der Waals surface area contributed by atoms with Gasteiger partial charge in [-0.25, -0.2) is 0 Å². The fourth-order valence-corrected chi connectivity index (χ4v) is 7.35. The second-order valence-electron chi connectivity index (χ2n) is 13.5. The summed E-state index contributed by atoms with van der Waals surface area (Å²) in [6.45, 7) is -2.16. The van der Waals surface area contributed by atoms with Gasteiger partial charge in [0, 0.05) is 8.95 Å². The zero-order chi connectivity index (χ0) is 40.3. The van der Waals surface area contributed by atoms with Crippen molar-refractivity contribution in [3.8, 4) is 34.5 Å². The normalized spacial score (nSPS) is 13.5. The molecule has 0 bridgehead atoms. The van der Waals surface area contributed by atoms with Crippen LogP contribution in [0.1, 0.15) is 73.0 Å². The van der Waals surface area contributed by atoms with Crippen LogP contribution in [0.25, 0.3) is 0 Å². The van der Waals surface area contributed by atoms with E-state index in [-0.39, 0.29) is 23.3 Å². The number of hydrogen-bond donors (Lipinski definition) is 0. The summed E-state index contributed by atoms with van der Waals surface area (Å²) in [7, 11) is 0. The number of hydrogen-bond acceptors (Lipinski definition) is 5. The maximum atomic E-state index is 13.6. The lowest BCUT2D eigenvalue weighted by molar-refractivity contribution is -0.0513. The molecule has 0 saturated heterocycles. The summed E-state index contributed by atoms with van der Waals surface area (Å²) in [6.07, 6.45) is -0.557. The molecule has 0 fully saturated rings. The van der Waals surface area contributed by atoms with Crippen LogP contribution in [0.3, 0.4) is 0 Å². The van der Waals surface area contributed by atoms with E-state index in [1.165, 1.54) is 12.1 Å².